The van der Waals surface area contributed by atoms with Crippen molar-refractivity contribution in [3.05, 3.63) is 58.6 Å². The largest absolute Gasteiger partial charge is 0.492 e. The molecule has 2 aromatic carbocycles. The SMILES string of the molecule is CC(C)c1ccc2c(c1)OCCC1(CCN(Cc3ccccc3Cl)CC1)NC(=O)[C@@H]1C[C@@H](O)CN1S2(=O)=O. The Bertz CT molecular complexity index is 1290. The summed E-state index contributed by atoms with van der Waals surface area (Å²) in [4.78, 5) is 16.0. The Morgan fingerprint density at radius 3 is 2.61 bits per heavy atom. The summed E-state index contributed by atoms with van der Waals surface area (Å²) in [6.07, 6.45) is 1.12. The van der Waals surface area contributed by atoms with Crippen LogP contribution in [-0.4, -0.2) is 72.6 Å². The highest BCUT2D eigenvalue weighted by atomic mass is 35.5. The van der Waals surface area contributed by atoms with Gasteiger partial charge in [0.2, 0.25) is 15.9 Å². The molecule has 38 heavy (non-hydrogen) atoms. The van der Waals surface area contributed by atoms with Crippen LogP contribution in [0.4, 0.5) is 0 Å². The summed E-state index contributed by atoms with van der Waals surface area (Å²) >= 11 is 6.38. The lowest BCUT2D eigenvalue weighted by Gasteiger charge is -2.43. The van der Waals surface area contributed by atoms with Crippen LogP contribution in [0.5, 0.6) is 5.75 Å². The number of carbonyl (C=O) groups is 1. The number of piperidine rings is 1. The Hall–Kier alpha value is -2.17. The highest BCUT2D eigenvalue weighted by molar-refractivity contribution is 7.89. The topological polar surface area (TPSA) is 99.2 Å². The van der Waals surface area contributed by atoms with Crippen LogP contribution in [-0.2, 0) is 21.4 Å². The number of rotatable bonds is 3. The fraction of sp³-hybridized carbons (Fsp3) is 0.536. The van der Waals surface area contributed by atoms with Gasteiger partial charge in [-0.25, -0.2) is 8.42 Å². The van der Waals surface area contributed by atoms with Crippen molar-refractivity contribution >= 4 is 27.5 Å². The second kappa shape index (κ2) is 10.8. The Balaban J connectivity index is 1.43. The normalized spacial score (nSPS) is 25.8. The Morgan fingerprint density at radius 2 is 1.89 bits per heavy atom. The quantitative estimate of drug-likeness (QED) is 0.595. The van der Waals surface area contributed by atoms with Crippen LogP contribution in [0.2, 0.25) is 5.02 Å². The molecule has 0 saturated carbocycles. The van der Waals surface area contributed by atoms with Gasteiger partial charge in [-0.2, -0.15) is 4.31 Å². The third-order valence-corrected chi connectivity index (χ3v) is 10.4. The van der Waals surface area contributed by atoms with Crippen LogP contribution in [0.1, 0.15) is 56.6 Å². The number of ether oxygens (including phenoxy) is 1. The minimum Gasteiger partial charge on any atom is -0.492 e. The van der Waals surface area contributed by atoms with E-state index in [9.17, 15) is 18.3 Å². The first-order chi connectivity index (χ1) is 18.1. The van der Waals surface area contributed by atoms with Crippen LogP contribution >= 0.6 is 11.6 Å². The molecule has 1 spiro atoms. The first-order valence-corrected chi connectivity index (χ1v) is 15.1. The third kappa shape index (κ3) is 5.45. The second-order valence-electron chi connectivity index (χ2n) is 11.1. The van der Waals surface area contributed by atoms with Gasteiger partial charge in [0, 0.05) is 49.6 Å². The summed E-state index contributed by atoms with van der Waals surface area (Å²) in [6.45, 7) is 6.49. The highest BCUT2D eigenvalue weighted by Gasteiger charge is 2.47. The van der Waals surface area contributed by atoms with Gasteiger partial charge in [0.15, 0.2) is 0 Å². The number of nitrogens with zero attached hydrogens (tertiary/aromatic N) is 2. The van der Waals surface area contributed by atoms with Crippen LogP contribution in [0, 0.1) is 0 Å². The Morgan fingerprint density at radius 1 is 1.16 bits per heavy atom. The van der Waals surface area contributed by atoms with Crippen LogP contribution in [0.25, 0.3) is 0 Å². The van der Waals surface area contributed by atoms with Crippen molar-refractivity contribution in [3.63, 3.8) is 0 Å². The molecule has 3 aliphatic rings. The lowest BCUT2D eigenvalue weighted by Crippen LogP contribution is -2.59. The number of carbonyl (C=O) groups excluding carboxylic acids is 1. The molecule has 0 aromatic heterocycles. The molecule has 0 bridgehead atoms. The molecule has 1 amide bonds. The number of amides is 1. The minimum absolute atomic E-state index is 0.0410. The summed E-state index contributed by atoms with van der Waals surface area (Å²) in [5, 5.41) is 14.4. The fourth-order valence-electron chi connectivity index (χ4n) is 5.77. The van der Waals surface area contributed by atoms with Crippen LogP contribution in [0.15, 0.2) is 47.4 Å². The number of hydrogen-bond acceptors (Lipinski definition) is 6. The molecule has 8 nitrogen and oxygen atoms in total. The summed E-state index contributed by atoms with van der Waals surface area (Å²) in [6, 6.07) is 12.0. The van der Waals surface area contributed by atoms with E-state index in [1.807, 2.05) is 38.1 Å². The molecule has 10 heteroatoms. The number of hydrogen-bond donors (Lipinski definition) is 2. The van der Waals surface area contributed by atoms with Crippen molar-refractivity contribution in [3.8, 4) is 5.75 Å². The predicted molar refractivity (Wildman–Crippen MR) is 146 cm³/mol. The van der Waals surface area contributed by atoms with Crippen molar-refractivity contribution in [2.24, 2.45) is 0 Å². The molecule has 0 aliphatic carbocycles. The van der Waals surface area contributed by atoms with Crippen LogP contribution in [0.3, 0.4) is 0 Å². The Kier molecular flexibility index (Phi) is 7.77. The van der Waals surface area contributed by atoms with Crippen molar-refractivity contribution in [2.75, 3.05) is 26.2 Å². The van der Waals surface area contributed by atoms with Crippen molar-refractivity contribution < 1.29 is 23.1 Å². The number of fused-ring (bicyclic) bond motifs is 2. The van der Waals surface area contributed by atoms with E-state index in [-0.39, 0.29) is 36.3 Å². The average molecular weight is 562 g/mol. The second-order valence-corrected chi connectivity index (χ2v) is 13.3. The van der Waals surface area contributed by atoms with Gasteiger partial charge in [-0.3, -0.25) is 9.69 Å². The highest BCUT2D eigenvalue weighted by Crippen LogP contribution is 2.36. The molecule has 2 aromatic rings. The van der Waals surface area contributed by atoms with Crippen molar-refractivity contribution in [2.45, 2.75) is 74.6 Å². The third-order valence-electron chi connectivity index (χ3n) is 8.15. The number of sulfonamides is 1. The summed E-state index contributed by atoms with van der Waals surface area (Å²) in [5.74, 6) is 0.145. The molecule has 206 valence electrons. The zero-order valence-electron chi connectivity index (χ0n) is 21.9. The molecule has 2 N–H and O–H groups in total. The molecule has 3 heterocycles. The lowest BCUT2D eigenvalue weighted by atomic mass is 9.84. The molecule has 3 aliphatic heterocycles. The van der Waals surface area contributed by atoms with Gasteiger partial charge < -0.3 is 15.2 Å². The van der Waals surface area contributed by atoms with Crippen molar-refractivity contribution in [1.82, 2.24) is 14.5 Å². The number of aliphatic hydroxyl groups excluding tert-OH is 1. The first kappa shape index (κ1) is 27.4. The number of halogens is 1. The van der Waals surface area contributed by atoms with Gasteiger partial charge in [0.05, 0.1) is 12.7 Å². The molecule has 2 saturated heterocycles. The molecule has 5 rings (SSSR count). The van der Waals surface area contributed by atoms with Crippen LogP contribution < -0.4 is 10.1 Å². The molecule has 2 fully saturated rings. The summed E-state index contributed by atoms with van der Waals surface area (Å²) < 4.78 is 34.8. The van der Waals surface area contributed by atoms with E-state index in [1.165, 1.54) is 0 Å². The van der Waals surface area contributed by atoms with Gasteiger partial charge in [0.1, 0.15) is 16.7 Å². The zero-order valence-corrected chi connectivity index (χ0v) is 23.5. The maximum atomic E-state index is 13.8. The number of nitrogens with one attached hydrogen (secondary N) is 1. The number of likely N-dealkylation sites (tertiary alicyclic amines) is 1. The van der Waals surface area contributed by atoms with E-state index < -0.39 is 27.7 Å². The number of benzene rings is 2. The summed E-state index contributed by atoms with van der Waals surface area (Å²) in [7, 11) is -4.07. The molecular formula is C28H36ClN3O5S. The molecule has 0 unspecified atom stereocenters. The van der Waals surface area contributed by atoms with Gasteiger partial charge in [-0.15, -0.1) is 0 Å². The van der Waals surface area contributed by atoms with Gasteiger partial charge in [-0.05, 0) is 48.1 Å². The van der Waals surface area contributed by atoms with Crippen molar-refractivity contribution in [1.29, 1.82) is 0 Å². The standard InChI is InChI=1S/C28H36ClN3O5S/c1-19(2)20-7-8-26-25(15-20)37-14-11-28(30-27(34)24-16-22(33)18-32(24)38(26,35)36)9-12-31(13-10-28)17-21-5-3-4-6-23(21)29/h3-8,15,19,22,24,33H,9-14,16-18H2,1-2H3,(H,30,34)/t22-,24+/m1/s1. The van der Waals surface area contributed by atoms with E-state index in [0.29, 0.717) is 25.0 Å². The average Bonchev–Trinajstić information content (AvgIpc) is 3.29. The monoisotopic (exact) mass is 561 g/mol. The molecular weight excluding hydrogens is 526 g/mol. The maximum Gasteiger partial charge on any atom is 0.247 e. The smallest absolute Gasteiger partial charge is 0.247 e. The summed E-state index contributed by atoms with van der Waals surface area (Å²) in [5.41, 5.74) is 1.51. The minimum atomic E-state index is -4.07. The first-order valence-electron chi connectivity index (χ1n) is 13.3. The van der Waals surface area contributed by atoms with Gasteiger partial charge >= 0.3 is 0 Å². The predicted octanol–water partition coefficient (Wildman–Crippen LogP) is 3.52. The van der Waals surface area contributed by atoms with E-state index >= 15 is 0 Å². The van der Waals surface area contributed by atoms with E-state index in [1.54, 1.807) is 18.2 Å². The molecule has 0 radical (unpaired) electrons. The number of aliphatic hydroxyl groups is 1. The van der Waals surface area contributed by atoms with E-state index in [2.05, 4.69) is 10.2 Å². The van der Waals surface area contributed by atoms with E-state index in [0.717, 1.165) is 40.1 Å². The lowest BCUT2D eigenvalue weighted by molar-refractivity contribution is -0.127. The van der Waals surface area contributed by atoms with Gasteiger partial charge in [0.25, 0.3) is 0 Å². The zero-order chi connectivity index (χ0) is 27.1. The van der Waals surface area contributed by atoms with Gasteiger partial charge in [-0.1, -0.05) is 49.7 Å². The molecule has 2 atom stereocenters. The Labute approximate surface area is 230 Å². The fourth-order valence-corrected chi connectivity index (χ4v) is 7.71. The maximum absolute atomic E-state index is 13.8. The van der Waals surface area contributed by atoms with E-state index in [4.69, 9.17) is 16.3 Å².